The first kappa shape index (κ1) is 22.2. The highest BCUT2D eigenvalue weighted by Crippen LogP contribution is 2.61. The molecule has 2 aromatic carbocycles. The van der Waals surface area contributed by atoms with Crippen molar-refractivity contribution < 1.29 is 9.59 Å². The number of amides is 2. The molecule has 2 amide bonds. The monoisotopic (exact) mass is 468 g/mol. The molecule has 4 aliphatic carbocycles. The van der Waals surface area contributed by atoms with Crippen molar-refractivity contribution >= 4 is 22.7 Å². The number of aromatic nitrogens is 1. The van der Waals surface area contributed by atoms with Gasteiger partial charge in [0, 0.05) is 5.39 Å². The number of hydrogen-bond acceptors (Lipinski definition) is 4. The van der Waals surface area contributed by atoms with Gasteiger partial charge in [-0.15, -0.1) is 0 Å². The van der Waals surface area contributed by atoms with Crippen molar-refractivity contribution in [2.45, 2.75) is 56.4 Å². The van der Waals surface area contributed by atoms with Crippen molar-refractivity contribution in [3.8, 4) is 0 Å². The second-order valence-electron chi connectivity index (χ2n) is 11.0. The first-order valence-corrected chi connectivity index (χ1v) is 12.8. The summed E-state index contributed by atoms with van der Waals surface area (Å²) in [6.45, 7) is 0. The molecule has 4 aliphatic rings. The number of pyridine rings is 1. The van der Waals surface area contributed by atoms with E-state index in [1.54, 1.807) is 0 Å². The van der Waals surface area contributed by atoms with Crippen molar-refractivity contribution in [3.63, 3.8) is 0 Å². The van der Waals surface area contributed by atoms with E-state index in [1.807, 2.05) is 48.5 Å². The average molecular weight is 469 g/mol. The van der Waals surface area contributed by atoms with Crippen molar-refractivity contribution in [1.29, 1.82) is 0 Å². The van der Waals surface area contributed by atoms with E-state index in [-0.39, 0.29) is 5.41 Å². The largest absolute Gasteiger partial charge is 0.320 e. The molecule has 1 aromatic heterocycles. The summed E-state index contributed by atoms with van der Waals surface area (Å²) in [5.74, 6) is 1.56. The predicted octanol–water partition coefficient (Wildman–Crippen LogP) is 4.03. The van der Waals surface area contributed by atoms with Gasteiger partial charge in [0.15, 0.2) is 0 Å². The highest BCUT2D eigenvalue weighted by atomic mass is 16.2. The summed E-state index contributed by atoms with van der Waals surface area (Å²) >= 11 is 0. The maximum absolute atomic E-state index is 13.1. The van der Waals surface area contributed by atoms with Crippen LogP contribution in [0.2, 0.25) is 0 Å². The summed E-state index contributed by atoms with van der Waals surface area (Å²) in [5.41, 5.74) is 14.7. The average Bonchev–Trinajstić information content (AvgIpc) is 2.86. The molecular weight excluding hydrogens is 436 g/mol. The summed E-state index contributed by atoms with van der Waals surface area (Å²) in [7, 11) is 0. The lowest BCUT2D eigenvalue weighted by Crippen LogP contribution is -2.50. The molecule has 180 valence electrons. The maximum Gasteiger partial charge on any atom is 0.288 e. The second kappa shape index (κ2) is 8.76. The van der Waals surface area contributed by atoms with Gasteiger partial charge in [0.25, 0.3) is 11.8 Å². The molecule has 6 heteroatoms. The van der Waals surface area contributed by atoms with Crippen molar-refractivity contribution in [2.24, 2.45) is 23.5 Å². The Morgan fingerprint density at radius 2 is 1.54 bits per heavy atom. The van der Waals surface area contributed by atoms with Crippen molar-refractivity contribution in [2.75, 3.05) is 0 Å². The molecule has 6 nitrogen and oxygen atoms in total. The Morgan fingerprint density at radius 1 is 0.914 bits per heavy atom. The van der Waals surface area contributed by atoms with Gasteiger partial charge in [0.1, 0.15) is 5.69 Å². The smallest absolute Gasteiger partial charge is 0.288 e. The fourth-order valence-electron chi connectivity index (χ4n) is 7.41. The highest BCUT2D eigenvalue weighted by Gasteiger charge is 2.52. The standard InChI is InChI=1S/C29H32N4O2/c30-24(13-18-6-2-1-3-7-18)27(34)32-33-28(35)26-14-23(22-8-4-5-9-25(22)31-26)29-15-19-10-20(16-29)12-21(11-19)17-29/h1-9,14,19-21,24H,10-13,15-17,30H2,(H,32,34)(H,33,35)/t19?,20?,21?,24-,29?/m1/s1. The molecular formula is C29H32N4O2. The fraction of sp³-hybridized carbons (Fsp3) is 0.414. The Hall–Kier alpha value is -3.25. The Bertz CT molecular complexity index is 1240. The van der Waals surface area contributed by atoms with E-state index in [1.165, 1.54) is 44.1 Å². The molecule has 4 saturated carbocycles. The summed E-state index contributed by atoms with van der Waals surface area (Å²) in [4.78, 5) is 30.3. The first-order chi connectivity index (χ1) is 17.0. The van der Waals surface area contributed by atoms with Crippen LogP contribution >= 0.6 is 0 Å². The van der Waals surface area contributed by atoms with Gasteiger partial charge in [0.2, 0.25) is 0 Å². The minimum Gasteiger partial charge on any atom is -0.320 e. The molecule has 3 aromatic rings. The number of carbonyl (C=O) groups is 2. The third-order valence-electron chi connectivity index (χ3n) is 8.49. The van der Waals surface area contributed by atoms with Gasteiger partial charge in [-0.25, -0.2) is 4.98 Å². The van der Waals surface area contributed by atoms with Crippen LogP contribution < -0.4 is 16.6 Å². The number of rotatable bonds is 5. The predicted molar refractivity (Wildman–Crippen MR) is 135 cm³/mol. The molecule has 4 fully saturated rings. The third kappa shape index (κ3) is 4.20. The van der Waals surface area contributed by atoms with Gasteiger partial charge in [-0.2, -0.15) is 0 Å². The normalized spacial score (nSPS) is 27.5. The van der Waals surface area contributed by atoms with Gasteiger partial charge in [-0.1, -0.05) is 48.5 Å². The number of hydrazine groups is 1. The number of nitrogens with one attached hydrogen (secondary N) is 2. The number of fused-ring (bicyclic) bond motifs is 1. The van der Waals surface area contributed by atoms with Gasteiger partial charge in [-0.05, 0) is 91.4 Å². The van der Waals surface area contributed by atoms with Crippen molar-refractivity contribution in [1.82, 2.24) is 15.8 Å². The molecule has 35 heavy (non-hydrogen) atoms. The quantitative estimate of drug-likeness (QED) is 0.493. The first-order valence-electron chi connectivity index (χ1n) is 12.8. The molecule has 0 unspecified atom stereocenters. The van der Waals surface area contributed by atoms with Crippen LogP contribution in [0.1, 0.15) is 60.1 Å². The van der Waals surface area contributed by atoms with Crippen molar-refractivity contribution in [3.05, 3.63) is 77.5 Å². The molecule has 1 heterocycles. The Labute approximate surface area is 205 Å². The van der Waals surface area contributed by atoms with Gasteiger partial charge < -0.3 is 5.73 Å². The molecule has 0 aliphatic heterocycles. The number of para-hydroxylation sites is 1. The zero-order valence-electron chi connectivity index (χ0n) is 19.9. The highest BCUT2D eigenvalue weighted by molar-refractivity contribution is 5.97. The fourth-order valence-corrected chi connectivity index (χ4v) is 7.41. The minimum atomic E-state index is -0.759. The third-order valence-corrected chi connectivity index (χ3v) is 8.49. The van der Waals surface area contributed by atoms with E-state index >= 15 is 0 Å². The van der Waals surface area contributed by atoms with Gasteiger partial charge in [0.05, 0.1) is 11.6 Å². The van der Waals surface area contributed by atoms with Crippen LogP contribution in [0.25, 0.3) is 10.9 Å². The number of hydrogen-bond donors (Lipinski definition) is 3. The summed E-state index contributed by atoms with van der Waals surface area (Å²) in [5, 5.41) is 1.15. The summed E-state index contributed by atoms with van der Waals surface area (Å²) in [6.07, 6.45) is 8.12. The number of nitrogens with two attached hydrogens (primary N) is 1. The molecule has 1 atom stereocenters. The SMILES string of the molecule is N[C@H](Cc1ccccc1)C(=O)NNC(=O)c1cc(C23CC4CC(CC(C4)C2)C3)c2ccccc2n1. The summed E-state index contributed by atoms with van der Waals surface area (Å²) in [6, 6.07) is 19.0. The lowest BCUT2D eigenvalue weighted by Gasteiger charge is -2.57. The number of carbonyl (C=O) groups excluding carboxylic acids is 2. The van der Waals surface area contributed by atoms with Gasteiger partial charge >= 0.3 is 0 Å². The number of benzene rings is 2. The minimum absolute atomic E-state index is 0.133. The molecule has 0 spiro atoms. The molecule has 0 saturated heterocycles. The van der Waals surface area contributed by atoms with E-state index in [4.69, 9.17) is 5.73 Å². The Morgan fingerprint density at radius 3 is 2.23 bits per heavy atom. The molecule has 4 bridgehead atoms. The van der Waals surface area contributed by atoms with E-state index in [2.05, 4.69) is 28.0 Å². The number of nitrogens with zero attached hydrogens (tertiary/aromatic N) is 1. The zero-order chi connectivity index (χ0) is 24.0. The molecule has 4 N–H and O–H groups in total. The molecule has 7 rings (SSSR count). The van der Waals surface area contributed by atoms with Crippen LogP contribution in [-0.2, 0) is 16.6 Å². The van der Waals surface area contributed by atoms with Crippen LogP contribution in [0.4, 0.5) is 0 Å². The van der Waals surface area contributed by atoms with Gasteiger partial charge in [-0.3, -0.25) is 20.4 Å². The summed E-state index contributed by atoms with van der Waals surface area (Å²) < 4.78 is 0. The lowest BCUT2D eigenvalue weighted by atomic mass is 9.48. The lowest BCUT2D eigenvalue weighted by molar-refractivity contribution is -0.123. The van der Waals surface area contributed by atoms with E-state index in [0.717, 1.165) is 34.2 Å². The second-order valence-corrected chi connectivity index (χ2v) is 11.0. The van der Waals surface area contributed by atoms with Crippen LogP contribution in [0.3, 0.4) is 0 Å². The van der Waals surface area contributed by atoms with E-state index in [9.17, 15) is 9.59 Å². The van der Waals surface area contributed by atoms with Crippen LogP contribution in [0.15, 0.2) is 60.7 Å². The zero-order valence-corrected chi connectivity index (χ0v) is 19.9. The Kier molecular flexibility index (Phi) is 5.56. The van der Waals surface area contributed by atoms with E-state index < -0.39 is 17.9 Å². The molecule has 0 radical (unpaired) electrons. The van der Waals surface area contributed by atoms with Crippen LogP contribution in [0.5, 0.6) is 0 Å². The van der Waals surface area contributed by atoms with Crippen LogP contribution in [-0.4, -0.2) is 22.8 Å². The maximum atomic E-state index is 13.1. The van der Waals surface area contributed by atoms with Crippen LogP contribution in [0, 0.1) is 17.8 Å². The Balaban J connectivity index is 1.23. The van der Waals surface area contributed by atoms with E-state index in [0.29, 0.717) is 12.1 Å². The topological polar surface area (TPSA) is 97.1 Å².